The minimum Gasteiger partial charge on any atom is -0.358 e. The van der Waals surface area contributed by atoms with E-state index < -0.39 is 0 Å². The predicted molar refractivity (Wildman–Crippen MR) is 126 cm³/mol. The first-order chi connectivity index (χ1) is 15.3. The molecule has 0 atom stereocenters. The fourth-order valence-electron chi connectivity index (χ4n) is 4.45. The van der Waals surface area contributed by atoms with Crippen molar-refractivity contribution in [2.45, 2.75) is 26.7 Å². The molecule has 4 rings (SSSR count). The van der Waals surface area contributed by atoms with Crippen molar-refractivity contribution < 1.29 is 14.4 Å². The topological polar surface area (TPSA) is 97.5 Å². The van der Waals surface area contributed by atoms with Gasteiger partial charge in [-0.2, -0.15) is 0 Å². The van der Waals surface area contributed by atoms with Gasteiger partial charge in [-0.05, 0) is 70.1 Å². The summed E-state index contributed by atoms with van der Waals surface area (Å²) in [4.78, 5) is 44.4. The van der Waals surface area contributed by atoms with Gasteiger partial charge in [0.2, 0.25) is 6.41 Å². The standard InChI is InChI=1S/C24H29N5O3/c1-14-10-16(25-13-30)11-17-18(23(31)27-22(14)17)12-20-15(2)21-19(26-20)6-5-7-29(24(21)32)9-8-28(3)4/h10-13,26H,5-9H2,1-4H3,(H,25,30)(H,27,31)/b18-12-. The second-order valence-corrected chi connectivity index (χ2v) is 8.71. The van der Waals surface area contributed by atoms with Gasteiger partial charge >= 0.3 is 0 Å². The van der Waals surface area contributed by atoms with E-state index in [0.29, 0.717) is 24.2 Å². The van der Waals surface area contributed by atoms with Gasteiger partial charge in [-0.1, -0.05) is 0 Å². The normalized spacial score (nSPS) is 16.8. The molecule has 8 nitrogen and oxygen atoms in total. The summed E-state index contributed by atoms with van der Waals surface area (Å²) in [7, 11) is 4.00. The number of carbonyl (C=O) groups excluding carboxylic acids is 3. The molecule has 0 bridgehead atoms. The number of aromatic amines is 1. The third-order valence-electron chi connectivity index (χ3n) is 6.16. The molecular weight excluding hydrogens is 406 g/mol. The van der Waals surface area contributed by atoms with Gasteiger partial charge in [0.15, 0.2) is 0 Å². The van der Waals surface area contributed by atoms with Crippen molar-refractivity contribution in [2.24, 2.45) is 0 Å². The lowest BCUT2D eigenvalue weighted by molar-refractivity contribution is -0.110. The monoisotopic (exact) mass is 435 g/mol. The van der Waals surface area contributed by atoms with Crippen molar-refractivity contribution in [3.63, 3.8) is 0 Å². The fraction of sp³-hybridized carbons (Fsp3) is 0.375. The summed E-state index contributed by atoms with van der Waals surface area (Å²) in [5, 5.41) is 5.58. The average Bonchev–Trinajstić information content (AvgIpc) is 3.15. The highest BCUT2D eigenvalue weighted by atomic mass is 16.2. The molecule has 1 aromatic heterocycles. The summed E-state index contributed by atoms with van der Waals surface area (Å²) in [5.41, 5.74) is 6.76. The van der Waals surface area contributed by atoms with E-state index in [0.717, 1.165) is 65.3 Å². The second-order valence-electron chi connectivity index (χ2n) is 8.71. The number of amides is 3. The number of nitrogens with zero attached hydrogens (tertiary/aromatic N) is 2. The molecule has 32 heavy (non-hydrogen) atoms. The Morgan fingerprint density at radius 2 is 2.00 bits per heavy atom. The molecule has 1 aromatic carbocycles. The first kappa shape index (κ1) is 21.8. The van der Waals surface area contributed by atoms with Crippen molar-refractivity contribution >= 4 is 41.2 Å². The van der Waals surface area contributed by atoms with Crippen molar-refractivity contribution in [2.75, 3.05) is 44.4 Å². The van der Waals surface area contributed by atoms with Crippen LogP contribution >= 0.6 is 0 Å². The maximum absolute atomic E-state index is 13.3. The van der Waals surface area contributed by atoms with Crippen LogP contribution in [0.2, 0.25) is 0 Å². The Bertz CT molecular complexity index is 1130. The Labute approximate surface area is 187 Å². The molecule has 2 aliphatic heterocycles. The molecule has 0 fully saturated rings. The van der Waals surface area contributed by atoms with E-state index in [2.05, 4.69) is 20.5 Å². The summed E-state index contributed by atoms with van der Waals surface area (Å²) >= 11 is 0. The van der Waals surface area contributed by atoms with E-state index in [1.54, 1.807) is 6.07 Å². The molecule has 0 saturated heterocycles. The SMILES string of the molecule is Cc1cc(NC=O)cc2c1NC(=O)/C2=C\c1[nH]c2c(c1C)C(=O)N(CCN(C)C)CCC2. The number of aromatic nitrogens is 1. The molecule has 168 valence electrons. The number of anilines is 2. The highest BCUT2D eigenvalue weighted by Crippen LogP contribution is 2.38. The molecule has 0 spiro atoms. The molecule has 3 N–H and O–H groups in total. The van der Waals surface area contributed by atoms with Crippen LogP contribution in [0.3, 0.4) is 0 Å². The highest BCUT2D eigenvalue weighted by Gasteiger charge is 2.30. The van der Waals surface area contributed by atoms with Crippen molar-refractivity contribution in [1.82, 2.24) is 14.8 Å². The number of benzene rings is 1. The predicted octanol–water partition coefficient (Wildman–Crippen LogP) is 2.64. The van der Waals surface area contributed by atoms with Gasteiger partial charge in [-0.3, -0.25) is 14.4 Å². The van der Waals surface area contributed by atoms with Gasteiger partial charge in [-0.15, -0.1) is 0 Å². The number of nitrogens with one attached hydrogen (secondary N) is 3. The van der Waals surface area contributed by atoms with Gasteiger partial charge < -0.3 is 25.4 Å². The quantitative estimate of drug-likeness (QED) is 0.480. The molecule has 2 aliphatic rings. The van der Waals surface area contributed by atoms with Crippen LogP contribution in [0, 0.1) is 13.8 Å². The largest absolute Gasteiger partial charge is 0.358 e. The number of likely N-dealkylation sites (N-methyl/N-ethyl adjacent to an activating group) is 1. The van der Waals surface area contributed by atoms with Gasteiger partial charge in [0.05, 0.1) is 16.8 Å². The summed E-state index contributed by atoms with van der Waals surface area (Å²) in [5.74, 6) is -0.156. The summed E-state index contributed by atoms with van der Waals surface area (Å²) in [6.07, 6.45) is 4.12. The summed E-state index contributed by atoms with van der Waals surface area (Å²) in [6.45, 7) is 6.06. The molecular formula is C24H29N5O3. The first-order valence-corrected chi connectivity index (χ1v) is 10.8. The van der Waals surface area contributed by atoms with Crippen LogP contribution in [0.25, 0.3) is 11.6 Å². The number of rotatable bonds is 6. The van der Waals surface area contributed by atoms with Gasteiger partial charge in [0, 0.05) is 42.3 Å². The number of carbonyl (C=O) groups is 3. The molecule has 3 heterocycles. The number of hydrogen-bond acceptors (Lipinski definition) is 4. The van der Waals surface area contributed by atoms with Crippen LogP contribution in [0.15, 0.2) is 12.1 Å². The van der Waals surface area contributed by atoms with E-state index >= 15 is 0 Å². The zero-order valence-electron chi connectivity index (χ0n) is 19.0. The first-order valence-electron chi connectivity index (χ1n) is 10.8. The van der Waals surface area contributed by atoms with Crippen LogP contribution in [-0.2, 0) is 16.0 Å². The molecule has 0 aliphatic carbocycles. The molecule has 8 heteroatoms. The smallest absolute Gasteiger partial charge is 0.256 e. The Hall–Kier alpha value is -3.39. The van der Waals surface area contributed by atoms with Crippen molar-refractivity contribution in [3.05, 3.63) is 45.8 Å². The third-order valence-corrected chi connectivity index (χ3v) is 6.16. The highest BCUT2D eigenvalue weighted by molar-refractivity contribution is 6.35. The number of fused-ring (bicyclic) bond motifs is 2. The van der Waals surface area contributed by atoms with Gasteiger partial charge in [-0.25, -0.2) is 0 Å². The van der Waals surface area contributed by atoms with E-state index in [1.807, 2.05) is 45.0 Å². The maximum Gasteiger partial charge on any atom is 0.256 e. The lowest BCUT2D eigenvalue weighted by Gasteiger charge is -2.23. The van der Waals surface area contributed by atoms with Crippen LogP contribution in [0.4, 0.5) is 11.4 Å². The Balaban J connectivity index is 1.73. The maximum atomic E-state index is 13.3. The van der Waals surface area contributed by atoms with Crippen LogP contribution < -0.4 is 10.6 Å². The molecule has 0 radical (unpaired) electrons. The molecule has 3 amide bonds. The minimum absolute atomic E-state index is 0.0438. The van der Waals surface area contributed by atoms with E-state index in [4.69, 9.17) is 0 Å². The fourth-order valence-corrected chi connectivity index (χ4v) is 4.45. The molecule has 2 aromatic rings. The lowest BCUT2D eigenvalue weighted by atomic mass is 10.0. The van der Waals surface area contributed by atoms with Crippen molar-refractivity contribution in [3.8, 4) is 0 Å². The van der Waals surface area contributed by atoms with Crippen molar-refractivity contribution in [1.29, 1.82) is 0 Å². The van der Waals surface area contributed by atoms with Crippen LogP contribution in [0.5, 0.6) is 0 Å². The molecule has 0 saturated carbocycles. The van der Waals surface area contributed by atoms with Crippen LogP contribution in [0.1, 0.15) is 44.9 Å². The Morgan fingerprint density at radius 3 is 2.72 bits per heavy atom. The average molecular weight is 436 g/mol. The van der Waals surface area contributed by atoms with E-state index in [1.165, 1.54) is 0 Å². The number of aryl methyl sites for hydroxylation is 2. The Kier molecular flexibility index (Phi) is 5.88. The van der Waals surface area contributed by atoms with Gasteiger partial charge in [0.25, 0.3) is 11.8 Å². The zero-order valence-corrected chi connectivity index (χ0v) is 19.0. The second kappa shape index (κ2) is 8.63. The Morgan fingerprint density at radius 1 is 1.22 bits per heavy atom. The number of hydrogen-bond donors (Lipinski definition) is 3. The number of H-pyrrole nitrogens is 1. The van der Waals surface area contributed by atoms with E-state index in [9.17, 15) is 14.4 Å². The zero-order chi connectivity index (χ0) is 23.0. The van der Waals surface area contributed by atoms with E-state index in [-0.39, 0.29) is 11.8 Å². The lowest BCUT2D eigenvalue weighted by Crippen LogP contribution is -2.36. The summed E-state index contributed by atoms with van der Waals surface area (Å²) in [6, 6.07) is 3.61. The minimum atomic E-state index is -0.200. The summed E-state index contributed by atoms with van der Waals surface area (Å²) < 4.78 is 0. The van der Waals surface area contributed by atoms with Crippen LogP contribution in [-0.4, -0.2) is 66.7 Å². The van der Waals surface area contributed by atoms with Gasteiger partial charge in [0.1, 0.15) is 0 Å². The third kappa shape index (κ3) is 3.93. The molecule has 0 unspecified atom stereocenters.